The van der Waals surface area contributed by atoms with Gasteiger partial charge in [0.1, 0.15) is 5.60 Å². The van der Waals surface area contributed by atoms with Crippen LogP contribution in [0.15, 0.2) is 0 Å². The van der Waals surface area contributed by atoms with Crippen LogP contribution in [0.25, 0.3) is 0 Å². The van der Waals surface area contributed by atoms with Crippen molar-refractivity contribution in [1.82, 2.24) is 10.2 Å². The third kappa shape index (κ3) is 10.6. The molecule has 0 saturated heterocycles. The van der Waals surface area contributed by atoms with Crippen molar-refractivity contribution in [3.8, 4) is 0 Å². The maximum absolute atomic E-state index is 11.6. The molecule has 0 aliphatic heterocycles. The molecule has 0 aliphatic rings. The number of alkyl carbamates (subject to hydrolysis) is 1. The van der Waals surface area contributed by atoms with Gasteiger partial charge >= 0.3 is 6.09 Å². The van der Waals surface area contributed by atoms with Crippen molar-refractivity contribution in [2.75, 3.05) is 13.1 Å². The topological polar surface area (TPSA) is 58.6 Å². The summed E-state index contributed by atoms with van der Waals surface area (Å²) in [5, 5.41) is 2.82. The first kappa shape index (κ1) is 18.7. The van der Waals surface area contributed by atoms with E-state index in [2.05, 4.69) is 12.2 Å². The van der Waals surface area contributed by atoms with E-state index in [4.69, 9.17) is 4.74 Å². The maximum atomic E-state index is 11.6. The fourth-order valence-corrected chi connectivity index (χ4v) is 1.85. The third-order valence-corrected chi connectivity index (χ3v) is 2.76. The van der Waals surface area contributed by atoms with E-state index >= 15 is 0 Å². The average Bonchev–Trinajstić information content (AvgIpc) is 2.30. The highest BCUT2D eigenvalue weighted by atomic mass is 16.6. The first-order valence-electron chi connectivity index (χ1n) is 7.47. The highest BCUT2D eigenvalue weighted by Gasteiger charge is 2.17. The van der Waals surface area contributed by atoms with Crippen molar-refractivity contribution in [2.45, 2.75) is 71.9 Å². The zero-order valence-corrected chi connectivity index (χ0v) is 13.6. The third-order valence-electron chi connectivity index (χ3n) is 2.76. The molecule has 0 radical (unpaired) electrons. The lowest BCUT2D eigenvalue weighted by atomic mass is 10.1. The summed E-state index contributed by atoms with van der Waals surface area (Å²) in [4.78, 5) is 24.1. The average molecular weight is 286 g/mol. The van der Waals surface area contributed by atoms with Crippen molar-refractivity contribution in [3.63, 3.8) is 0 Å². The fourth-order valence-electron chi connectivity index (χ4n) is 1.85. The largest absolute Gasteiger partial charge is 0.444 e. The SMILES string of the molecule is CCCN(C=O)CCCCC(C)NC(=O)OC(C)(C)C. The van der Waals surface area contributed by atoms with Crippen LogP contribution in [0.4, 0.5) is 4.79 Å². The lowest BCUT2D eigenvalue weighted by Crippen LogP contribution is -2.37. The number of hydrogen-bond acceptors (Lipinski definition) is 3. The van der Waals surface area contributed by atoms with Crippen LogP contribution >= 0.6 is 0 Å². The molecule has 5 nitrogen and oxygen atoms in total. The quantitative estimate of drug-likeness (QED) is 0.523. The van der Waals surface area contributed by atoms with E-state index in [1.807, 2.05) is 27.7 Å². The minimum atomic E-state index is -0.464. The molecule has 0 rings (SSSR count). The predicted octanol–water partition coefficient (Wildman–Crippen LogP) is 2.94. The second kappa shape index (κ2) is 9.61. The van der Waals surface area contributed by atoms with Gasteiger partial charge in [-0.15, -0.1) is 0 Å². The van der Waals surface area contributed by atoms with Crippen molar-refractivity contribution < 1.29 is 14.3 Å². The monoisotopic (exact) mass is 286 g/mol. The number of ether oxygens (including phenoxy) is 1. The normalized spacial score (nSPS) is 12.7. The first-order chi connectivity index (χ1) is 9.28. The number of nitrogens with one attached hydrogen (secondary N) is 1. The van der Waals surface area contributed by atoms with Gasteiger partial charge in [-0.05, 0) is 53.4 Å². The summed E-state index contributed by atoms with van der Waals surface area (Å²) in [6, 6.07) is 0.0840. The first-order valence-corrected chi connectivity index (χ1v) is 7.47. The molecule has 0 spiro atoms. The molecule has 0 aromatic heterocycles. The molecule has 0 aromatic rings. The molecule has 0 aromatic carbocycles. The highest BCUT2D eigenvalue weighted by Crippen LogP contribution is 2.08. The molecule has 0 fully saturated rings. The van der Waals surface area contributed by atoms with Crippen molar-refractivity contribution in [2.24, 2.45) is 0 Å². The minimum absolute atomic E-state index is 0.0840. The molecule has 0 aliphatic carbocycles. The summed E-state index contributed by atoms with van der Waals surface area (Å²) in [5.74, 6) is 0. The zero-order valence-electron chi connectivity index (χ0n) is 13.6. The van der Waals surface area contributed by atoms with E-state index in [0.717, 1.165) is 45.2 Å². The van der Waals surface area contributed by atoms with E-state index in [0.29, 0.717) is 0 Å². The van der Waals surface area contributed by atoms with E-state index < -0.39 is 5.60 Å². The number of carbonyl (C=O) groups excluding carboxylic acids is 2. The van der Waals surface area contributed by atoms with Gasteiger partial charge in [-0.3, -0.25) is 4.79 Å². The summed E-state index contributed by atoms with van der Waals surface area (Å²) in [5.41, 5.74) is -0.464. The van der Waals surface area contributed by atoms with Gasteiger partial charge in [0.2, 0.25) is 6.41 Å². The zero-order chi connectivity index (χ0) is 15.6. The Bertz CT molecular complexity index is 287. The van der Waals surface area contributed by atoms with Crippen LogP contribution in [-0.4, -0.2) is 42.1 Å². The van der Waals surface area contributed by atoms with Gasteiger partial charge in [-0.2, -0.15) is 0 Å². The van der Waals surface area contributed by atoms with Gasteiger partial charge in [0.25, 0.3) is 0 Å². The van der Waals surface area contributed by atoms with Gasteiger partial charge in [0.15, 0.2) is 0 Å². The van der Waals surface area contributed by atoms with E-state index in [1.165, 1.54) is 0 Å². The van der Waals surface area contributed by atoms with Crippen molar-refractivity contribution in [3.05, 3.63) is 0 Å². The van der Waals surface area contributed by atoms with Crippen LogP contribution in [0.5, 0.6) is 0 Å². The number of hydrogen-bond donors (Lipinski definition) is 1. The summed E-state index contributed by atoms with van der Waals surface area (Å²) < 4.78 is 5.20. The molecule has 1 unspecified atom stereocenters. The Morgan fingerprint density at radius 2 is 1.95 bits per heavy atom. The van der Waals surface area contributed by atoms with E-state index in [9.17, 15) is 9.59 Å². The number of unbranched alkanes of at least 4 members (excludes halogenated alkanes) is 1. The van der Waals surface area contributed by atoms with Crippen molar-refractivity contribution >= 4 is 12.5 Å². The number of rotatable bonds is 9. The standard InChI is InChI=1S/C15H30N2O3/c1-6-10-17(12-18)11-8-7-9-13(2)16-14(19)20-15(3,4)5/h12-13H,6-11H2,1-5H3,(H,16,19). The second-order valence-corrected chi connectivity index (χ2v) is 6.18. The molecule has 5 heteroatoms. The summed E-state index contributed by atoms with van der Waals surface area (Å²) in [7, 11) is 0. The summed E-state index contributed by atoms with van der Waals surface area (Å²) in [6.45, 7) is 11.2. The molecular formula is C15H30N2O3. The molecular weight excluding hydrogens is 256 g/mol. The van der Waals surface area contributed by atoms with Crippen LogP contribution in [-0.2, 0) is 9.53 Å². The Morgan fingerprint density at radius 1 is 1.30 bits per heavy atom. The molecule has 1 N–H and O–H groups in total. The lowest BCUT2D eigenvalue weighted by molar-refractivity contribution is -0.118. The Labute approximate surface area is 123 Å². The lowest BCUT2D eigenvalue weighted by Gasteiger charge is -2.22. The van der Waals surface area contributed by atoms with Gasteiger partial charge in [-0.1, -0.05) is 6.92 Å². The molecule has 0 bridgehead atoms. The fraction of sp³-hybridized carbons (Fsp3) is 0.867. The summed E-state index contributed by atoms with van der Waals surface area (Å²) >= 11 is 0. The molecule has 118 valence electrons. The van der Waals surface area contributed by atoms with E-state index in [1.54, 1.807) is 4.90 Å². The number of amides is 2. The van der Waals surface area contributed by atoms with Crippen LogP contribution in [0, 0.1) is 0 Å². The maximum Gasteiger partial charge on any atom is 0.407 e. The predicted molar refractivity (Wildman–Crippen MR) is 80.6 cm³/mol. The minimum Gasteiger partial charge on any atom is -0.444 e. The Balaban J connectivity index is 3.75. The Kier molecular flexibility index (Phi) is 9.01. The van der Waals surface area contributed by atoms with Crippen LogP contribution in [0.2, 0.25) is 0 Å². The number of carbonyl (C=O) groups is 2. The number of nitrogens with zero attached hydrogens (tertiary/aromatic N) is 1. The molecule has 1 atom stereocenters. The molecule has 2 amide bonds. The van der Waals surface area contributed by atoms with Gasteiger partial charge in [-0.25, -0.2) is 4.79 Å². The van der Waals surface area contributed by atoms with Crippen LogP contribution in [0.1, 0.15) is 60.3 Å². The van der Waals surface area contributed by atoms with Crippen molar-refractivity contribution in [1.29, 1.82) is 0 Å². The van der Waals surface area contributed by atoms with Crippen LogP contribution < -0.4 is 5.32 Å². The molecule has 0 heterocycles. The smallest absolute Gasteiger partial charge is 0.407 e. The van der Waals surface area contributed by atoms with Gasteiger partial charge in [0.05, 0.1) is 0 Å². The van der Waals surface area contributed by atoms with E-state index in [-0.39, 0.29) is 12.1 Å². The Hall–Kier alpha value is -1.26. The van der Waals surface area contributed by atoms with Gasteiger partial charge < -0.3 is 15.0 Å². The Morgan fingerprint density at radius 3 is 2.45 bits per heavy atom. The highest BCUT2D eigenvalue weighted by molar-refractivity contribution is 5.67. The van der Waals surface area contributed by atoms with Crippen LogP contribution in [0.3, 0.4) is 0 Å². The molecule has 20 heavy (non-hydrogen) atoms. The second-order valence-electron chi connectivity index (χ2n) is 6.18. The van der Waals surface area contributed by atoms with Gasteiger partial charge in [0, 0.05) is 19.1 Å². The molecule has 0 saturated carbocycles. The summed E-state index contributed by atoms with van der Waals surface area (Å²) in [6.07, 6.45) is 4.34.